The van der Waals surface area contributed by atoms with E-state index >= 15 is 0 Å². The molecule has 3 aromatic carbocycles. The van der Waals surface area contributed by atoms with Crippen molar-refractivity contribution in [3.63, 3.8) is 0 Å². The molecule has 0 saturated carbocycles. The standard InChI is InChI=1S/C31H32FN3O3/c1-19(35-13-12-21(15-32)17-35)18-37-25-8-6-22(7-9-25)31-29(23-4-3-5-24(36)14-23)20(2)30-26-16-33-34-27(26)10-11-28(30)38-31/h3-11,14,16,19,21,31,36H,12-13,15,17-18H2,1-2H3,(H,33,34)/t19-,21-,31?/m0/s1. The van der Waals surface area contributed by atoms with Gasteiger partial charge < -0.3 is 14.6 Å². The number of rotatable bonds is 7. The van der Waals surface area contributed by atoms with Gasteiger partial charge in [-0.15, -0.1) is 0 Å². The minimum absolute atomic E-state index is 0.152. The van der Waals surface area contributed by atoms with Gasteiger partial charge in [-0.1, -0.05) is 24.3 Å². The number of hydrogen-bond donors (Lipinski definition) is 2. The summed E-state index contributed by atoms with van der Waals surface area (Å²) in [6, 6.07) is 19.5. The summed E-state index contributed by atoms with van der Waals surface area (Å²) < 4.78 is 25.7. The van der Waals surface area contributed by atoms with E-state index in [4.69, 9.17) is 9.47 Å². The maximum atomic E-state index is 13.0. The number of allylic oxidation sites excluding steroid dienone is 1. The highest BCUT2D eigenvalue weighted by Gasteiger charge is 2.31. The SMILES string of the molecule is CC1=C(c2cccc(O)c2)C(c2ccc(OC[C@H](C)N3CC[C@@H](CF)C3)cc2)Oc2ccc3[nH]ncc3c21. The molecule has 1 unspecified atom stereocenters. The second-order valence-corrected chi connectivity index (χ2v) is 10.4. The molecule has 0 aliphatic carbocycles. The zero-order valence-electron chi connectivity index (χ0n) is 21.7. The smallest absolute Gasteiger partial charge is 0.150 e. The molecule has 7 heteroatoms. The van der Waals surface area contributed by atoms with E-state index in [0.717, 1.165) is 69.7 Å². The van der Waals surface area contributed by atoms with Crippen molar-refractivity contribution in [1.29, 1.82) is 0 Å². The van der Waals surface area contributed by atoms with Gasteiger partial charge in [-0.25, -0.2) is 0 Å². The zero-order chi connectivity index (χ0) is 26.2. The van der Waals surface area contributed by atoms with E-state index in [1.807, 2.05) is 54.7 Å². The van der Waals surface area contributed by atoms with Crippen LogP contribution in [0.4, 0.5) is 4.39 Å². The van der Waals surface area contributed by atoms with Crippen LogP contribution in [-0.2, 0) is 0 Å². The number of ether oxygens (including phenoxy) is 2. The van der Waals surface area contributed by atoms with Crippen molar-refractivity contribution >= 4 is 22.0 Å². The number of nitrogens with one attached hydrogen (secondary N) is 1. The van der Waals surface area contributed by atoms with Gasteiger partial charge in [0.1, 0.15) is 30.0 Å². The average molecular weight is 514 g/mol. The van der Waals surface area contributed by atoms with Crippen LogP contribution < -0.4 is 9.47 Å². The van der Waals surface area contributed by atoms with Gasteiger partial charge in [-0.2, -0.15) is 5.10 Å². The fourth-order valence-electron chi connectivity index (χ4n) is 5.73. The monoisotopic (exact) mass is 513 g/mol. The molecule has 0 bridgehead atoms. The Hall–Kier alpha value is -3.84. The summed E-state index contributed by atoms with van der Waals surface area (Å²) >= 11 is 0. The number of nitrogens with zero attached hydrogens (tertiary/aromatic N) is 2. The van der Waals surface area contributed by atoms with Crippen LogP contribution in [0.3, 0.4) is 0 Å². The number of phenols is 1. The minimum Gasteiger partial charge on any atom is -0.508 e. The fourth-order valence-corrected chi connectivity index (χ4v) is 5.73. The Morgan fingerprint density at radius 3 is 2.79 bits per heavy atom. The summed E-state index contributed by atoms with van der Waals surface area (Å²) in [6.45, 7) is 6.27. The maximum absolute atomic E-state index is 13.0. The van der Waals surface area contributed by atoms with Crippen LogP contribution >= 0.6 is 0 Å². The molecular weight excluding hydrogens is 481 g/mol. The lowest BCUT2D eigenvalue weighted by Crippen LogP contribution is -2.35. The van der Waals surface area contributed by atoms with Crippen LogP contribution in [0.15, 0.2) is 66.9 Å². The third-order valence-corrected chi connectivity index (χ3v) is 7.86. The third-order valence-electron chi connectivity index (χ3n) is 7.86. The van der Waals surface area contributed by atoms with Crippen molar-refractivity contribution in [2.24, 2.45) is 5.92 Å². The molecule has 2 aliphatic heterocycles. The molecule has 0 amide bonds. The first-order valence-electron chi connectivity index (χ1n) is 13.2. The van der Waals surface area contributed by atoms with Crippen molar-refractivity contribution in [2.75, 3.05) is 26.4 Å². The highest BCUT2D eigenvalue weighted by molar-refractivity contribution is 6.04. The fraction of sp³-hybridized carbons (Fsp3) is 0.323. The molecule has 38 heavy (non-hydrogen) atoms. The van der Waals surface area contributed by atoms with Crippen LogP contribution in [-0.4, -0.2) is 52.6 Å². The number of phenolic OH excluding ortho intramolecular Hbond substituents is 1. The summed E-state index contributed by atoms with van der Waals surface area (Å²) in [5.41, 5.74) is 5.94. The largest absolute Gasteiger partial charge is 0.508 e. The predicted molar refractivity (Wildman–Crippen MR) is 147 cm³/mol. The topological polar surface area (TPSA) is 70.6 Å². The summed E-state index contributed by atoms with van der Waals surface area (Å²) in [4.78, 5) is 2.30. The van der Waals surface area contributed by atoms with Crippen LogP contribution in [0, 0.1) is 5.92 Å². The lowest BCUT2D eigenvalue weighted by atomic mass is 9.85. The van der Waals surface area contributed by atoms with Crippen LogP contribution in [0.25, 0.3) is 22.0 Å². The maximum Gasteiger partial charge on any atom is 0.150 e. The third kappa shape index (κ3) is 4.52. The normalized spacial score (nSPS) is 20.4. The molecule has 3 heterocycles. The molecule has 6 rings (SSSR count). The molecule has 0 spiro atoms. The lowest BCUT2D eigenvalue weighted by Gasteiger charge is -2.31. The van der Waals surface area contributed by atoms with E-state index in [2.05, 4.69) is 28.9 Å². The number of alkyl halides is 1. The summed E-state index contributed by atoms with van der Waals surface area (Å²) in [6.07, 6.45) is 2.39. The Labute approximate surface area is 221 Å². The van der Waals surface area contributed by atoms with Gasteiger partial charge in [0, 0.05) is 35.0 Å². The number of H-pyrrole nitrogens is 1. The Kier molecular flexibility index (Phi) is 6.54. The number of aromatic hydroxyl groups is 1. The van der Waals surface area contributed by atoms with Crippen molar-refractivity contribution in [1.82, 2.24) is 15.1 Å². The Morgan fingerprint density at radius 1 is 1.18 bits per heavy atom. The Balaban J connectivity index is 1.28. The molecule has 1 fully saturated rings. The molecule has 1 saturated heterocycles. The zero-order valence-corrected chi connectivity index (χ0v) is 21.7. The summed E-state index contributed by atoms with van der Waals surface area (Å²) in [5.74, 6) is 1.95. The van der Waals surface area contributed by atoms with Gasteiger partial charge in [-0.05, 0) is 79.9 Å². The quantitative estimate of drug-likeness (QED) is 0.300. The van der Waals surface area contributed by atoms with Crippen molar-refractivity contribution in [2.45, 2.75) is 32.4 Å². The first-order chi connectivity index (χ1) is 18.5. The molecule has 1 aromatic heterocycles. The van der Waals surface area contributed by atoms with Crippen molar-refractivity contribution < 1.29 is 19.0 Å². The molecule has 3 atom stereocenters. The van der Waals surface area contributed by atoms with Crippen LogP contribution in [0.2, 0.25) is 0 Å². The van der Waals surface area contributed by atoms with Gasteiger partial charge in [0.2, 0.25) is 0 Å². The predicted octanol–water partition coefficient (Wildman–Crippen LogP) is 6.39. The Morgan fingerprint density at radius 2 is 2.03 bits per heavy atom. The number of likely N-dealkylation sites (tertiary alicyclic amines) is 1. The number of benzene rings is 3. The van der Waals surface area contributed by atoms with E-state index in [-0.39, 0.29) is 30.5 Å². The first-order valence-corrected chi connectivity index (χ1v) is 13.2. The van der Waals surface area contributed by atoms with Gasteiger partial charge >= 0.3 is 0 Å². The molecule has 4 aromatic rings. The van der Waals surface area contributed by atoms with E-state index < -0.39 is 0 Å². The van der Waals surface area contributed by atoms with Crippen LogP contribution in [0.5, 0.6) is 17.2 Å². The second-order valence-electron chi connectivity index (χ2n) is 10.4. The Bertz CT molecular complexity index is 1480. The number of hydrogen-bond acceptors (Lipinski definition) is 5. The van der Waals surface area contributed by atoms with Gasteiger partial charge in [0.15, 0.2) is 0 Å². The van der Waals surface area contributed by atoms with Crippen LogP contribution in [0.1, 0.15) is 43.1 Å². The van der Waals surface area contributed by atoms with E-state index in [1.165, 1.54) is 0 Å². The lowest BCUT2D eigenvalue weighted by molar-refractivity contribution is 0.165. The second kappa shape index (κ2) is 10.1. The highest BCUT2D eigenvalue weighted by Crippen LogP contribution is 2.49. The molecule has 6 nitrogen and oxygen atoms in total. The van der Waals surface area contributed by atoms with E-state index in [1.54, 1.807) is 12.1 Å². The number of aromatic nitrogens is 2. The van der Waals surface area contributed by atoms with Gasteiger partial charge in [-0.3, -0.25) is 14.4 Å². The number of aromatic amines is 1. The molecule has 196 valence electrons. The van der Waals surface area contributed by atoms with Crippen molar-refractivity contribution in [3.05, 3.63) is 83.6 Å². The number of halogens is 1. The van der Waals surface area contributed by atoms with E-state index in [0.29, 0.717) is 6.61 Å². The highest BCUT2D eigenvalue weighted by atomic mass is 19.1. The van der Waals surface area contributed by atoms with Gasteiger partial charge in [0.25, 0.3) is 0 Å². The van der Waals surface area contributed by atoms with Crippen molar-refractivity contribution in [3.8, 4) is 17.2 Å². The number of fused-ring (bicyclic) bond motifs is 3. The molecule has 2 N–H and O–H groups in total. The summed E-state index contributed by atoms with van der Waals surface area (Å²) in [7, 11) is 0. The molecule has 2 aliphatic rings. The first kappa shape index (κ1) is 24.5. The molecule has 0 radical (unpaired) electrons. The summed E-state index contributed by atoms with van der Waals surface area (Å²) in [5, 5.41) is 18.5. The molecular formula is C31H32FN3O3. The average Bonchev–Trinajstić information content (AvgIpc) is 3.61. The van der Waals surface area contributed by atoms with E-state index in [9.17, 15) is 9.50 Å². The minimum atomic E-state index is -0.358. The van der Waals surface area contributed by atoms with Gasteiger partial charge in [0.05, 0.1) is 18.4 Å².